The van der Waals surface area contributed by atoms with Gasteiger partial charge in [0.05, 0.1) is 12.1 Å². The molecule has 0 bridgehead atoms. The average Bonchev–Trinajstić information content (AvgIpc) is 3.16. The molecule has 134 valence electrons. The van der Waals surface area contributed by atoms with E-state index in [1.165, 1.54) is 22.3 Å². The van der Waals surface area contributed by atoms with E-state index in [9.17, 15) is 4.79 Å². The molecule has 0 saturated heterocycles. The van der Waals surface area contributed by atoms with Crippen LogP contribution in [0.25, 0.3) is 22.0 Å². The van der Waals surface area contributed by atoms with Crippen LogP contribution in [0.4, 0.5) is 5.13 Å². The van der Waals surface area contributed by atoms with Crippen LogP contribution in [-0.2, 0) is 17.6 Å². The molecule has 0 atom stereocenters. The number of thiazole rings is 1. The summed E-state index contributed by atoms with van der Waals surface area (Å²) in [5, 5.41) is 7.86. The van der Waals surface area contributed by atoms with E-state index in [1.54, 1.807) is 0 Å². The van der Waals surface area contributed by atoms with Gasteiger partial charge in [-0.2, -0.15) is 0 Å². The molecule has 0 spiro atoms. The lowest BCUT2D eigenvalue weighted by Gasteiger charge is -2.04. The lowest BCUT2D eigenvalue weighted by molar-refractivity contribution is -0.115. The second kappa shape index (κ2) is 7.72. The summed E-state index contributed by atoms with van der Waals surface area (Å²) in [4.78, 5) is 17.0. The van der Waals surface area contributed by atoms with Gasteiger partial charge in [-0.3, -0.25) is 4.79 Å². The van der Waals surface area contributed by atoms with E-state index < -0.39 is 0 Å². The number of rotatable bonds is 5. The molecule has 0 radical (unpaired) electrons. The largest absolute Gasteiger partial charge is 0.302 e. The molecule has 1 aromatic heterocycles. The highest BCUT2D eigenvalue weighted by Gasteiger charge is 2.09. The first kappa shape index (κ1) is 17.4. The normalized spacial score (nSPS) is 10.9. The lowest BCUT2D eigenvalue weighted by atomic mass is 10.1. The first-order valence-corrected chi connectivity index (χ1v) is 9.91. The molecule has 0 aliphatic rings. The maximum absolute atomic E-state index is 12.4. The second-order valence-corrected chi connectivity index (χ2v) is 7.35. The zero-order valence-electron chi connectivity index (χ0n) is 15.1. The van der Waals surface area contributed by atoms with E-state index in [-0.39, 0.29) is 5.91 Å². The Morgan fingerprint density at radius 2 is 1.70 bits per heavy atom. The quantitative estimate of drug-likeness (QED) is 0.488. The predicted octanol–water partition coefficient (Wildman–Crippen LogP) is 5.71. The number of hydrogen-bond donors (Lipinski definition) is 1. The van der Waals surface area contributed by atoms with E-state index in [0.29, 0.717) is 11.6 Å². The number of anilines is 1. The van der Waals surface area contributed by atoms with Gasteiger partial charge in [0.1, 0.15) is 0 Å². The number of aryl methyl sites for hydroxylation is 1. The first-order chi connectivity index (χ1) is 13.2. The number of nitrogens with zero attached hydrogens (tertiary/aromatic N) is 1. The summed E-state index contributed by atoms with van der Waals surface area (Å²) in [5.41, 5.74) is 4.26. The molecule has 3 aromatic carbocycles. The molecule has 3 nitrogen and oxygen atoms in total. The average molecular weight is 372 g/mol. The van der Waals surface area contributed by atoms with Gasteiger partial charge in [-0.1, -0.05) is 73.7 Å². The number of nitrogens with one attached hydrogen (secondary N) is 1. The minimum Gasteiger partial charge on any atom is -0.302 e. The third-order valence-electron chi connectivity index (χ3n) is 4.59. The van der Waals surface area contributed by atoms with Crippen LogP contribution in [0, 0.1) is 0 Å². The highest BCUT2D eigenvalue weighted by molar-refractivity contribution is 7.14. The fourth-order valence-corrected chi connectivity index (χ4v) is 3.81. The molecule has 0 aliphatic heterocycles. The van der Waals surface area contributed by atoms with Gasteiger partial charge in [0, 0.05) is 10.9 Å². The molecular weight excluding hydrogens is 352 g/mol. The summed E-state index contributed by atoms with van der Waals surface area (Å²) in [6.07, 6.45) is 1.36. The van der Waals surface area contributed by atoms with Crippen LogP contribution in [0.3, 0.4) is 0 Å². The number of fused-ring (bicyclic) bond motifs is 1. The number of carbonyl (C=O) groups is 1. The molecule has 0 saturated carbocycles. The van der Waals surface area contributed by atoms with Crippen LogP contribution in [0.5, 0.6) is 0 Å². The second-order valence-electron chi connectivity index (χ2n) is 6.49. The number of hydrogen-bond acceptors (Lipinski definition) is 3. The van der Waals surface area contributed by atoms with E-state index in [4.69, 9.17) is 0 Å². The zero-order chi connectivity index (χ0) is 18.6. The van der Waals surface area contributed by atoms with Crippen LogP contribution in [0.2, 0.25) is 0 Å². The standard InChI is InChI=1S/C23H20N2OS/c1-2-16-7-11-19(12-8-16)21-15-27-23(24-21)25-22(26)14-17-9-10-18-5-3-4-6-20(18)13-17/h3-13,15H,2,14H2,1H3,(H,24,25,26). The molecule has 0 aliphatic carbocycles. The van der Waals surface area contributed by atoms with E-state index in [2.05, 4.69) is 65.8 Å². The summed E-state index contributed by atoms with van der Waals surface area (Å²) in [6, 6.07) is 22.7. The van der Waals surface area contributed by atoms with E-state index >= 15 is 0 Å². The van der Waals surface area contributed by atoms with Gasteiger partial charge in [0.15, 0.2) is 5.13 Å². The summed E-state index contributed by atoms with van der Waals surface area (Å²) in [5.74, 6) is -0.0486. The maximum atomic E-state index is 12.4. The topological polar surface area (TPSA) is 42.0 Å². The smallest absolute Gasteiger partial charge is 0.230 e. The molecule has 27 heavy (non-hydrogen) atoms. The van der Waals surface area contributed by atoms with Gasteiger partial charge in [0.2, 0.25) is 5.91 Å². The van der Waals surface area contributed by atoms with Crippen LogP contribution in [-0.4, -0.2) is 10.9 Å². The number of aromatic nitrogens is 1. The molecule has 1 amide bonds. The summed E-state index contributed by atoms with van der Waals surface area (Å²) >= 11 is 1.45. The van der Waals surface area contributed by atoms with Gasteiger partial charge in [-0.15, -0.1) is 11.3 Å². The number of amides is 1. The highest BCUT2D eigenvalue weighted by Crippen LogP contribution is 2.25. The van der Waals surface area contributed by atoms with Crippen molar-refractivity contribution in [3.63, 3.8) is 0 Å². The van der Waals surface area contributed by atoms with Crippen molar-refractivity contribution in [3.05, 3.63) is 83.2 Å². The Balaban J connectivity index is 1.43. The Labute approximate surface area is 162 Å². The fourth-order valence-electron chi connectivity index (χ4n) is 3.07. The fraction of sp³-hybridized carbons (Fsp3) is 0.130. The maximum Gasteiger partial charge on any atom is 0.230 e. The van der Waals surface area contributed by atoms with Crippen molar-refractivity contribution in [1.29, 1.82) is 0 Å². The lowest BCUT2D eigenvalue weighted by Crippen LogP contribution is -2.14. The molecule has 1 heterocycles. The Hall–Kier alpha value is -2.98. The number of carbonyl (C=O) groups excluding carboxylic acids is 1. The summed E-state index contributed by atoms with van der Waals surface area (Å²) in [7, 11) is 0. The van der Waals surface area contributed by atoms with Gasteiger partial charge in [-0.05, 0) is 28.3 Å². The van der Waals surface area contributed by atoms with Gasteiger partial charge in [-0.25, -0.2) is 4.98 Å². The van der Waals surface area contributed by atoms with Crippen molar-refractivity contribution in [2.24, 2.45) is 0 Å². The molecule has 0 unspecified atom stereocenters. The van der Waals surface area contributed by atoms with Crippen molar-refractivity contribution in [2.45, 2.75) is 19.8 Å². The third kappa shape index (κ3) is 4.07. The SMILES string of the molecule is CCc1ccc(-c2csc(NC(=O)Cc3ccc4ccccc4c3)n2)cc1. The third-order valence-corrected chi connectivity index (χ3v) is 5.34. The van der Waals surface area contributed by atoms with Crippen molar-refractivity contribution in [1.82, 2.24) is 4.98 Å². The van der Waals surface area contributed by atoms with Crippen LogP contribution in [0.15, 0.2) is 72.1 Å². The van der Waals surface area contributed by atoms with Crippen LogP contribution in [0.1, 0.15) is 18.1 Å². The predicted molar refractivity (Wildman–Crippen MR) is 113 cm³/mol. The van der Waals surface area contributed by atoms with Crippen molar-refractivity contribution in [2.75, 3.05) is 5.32 Å². The van der Waals surface area contributed by atoms with Gasteiger partial charge in [0.25, 0.3) is 0 Å². The molecule has 0 fully saturated rings. The minimum absolute atomic E-state index is 0.0486. The van der Waals surface area contributed by atoms with Crippen molar-refractivity contribution >= 4 is 33.1 Å². The van der Waals surface area contributed by atoms with Gasteiger partial charge < -0.3 is 5.32 Å². The van der Waals surface area contributed by atoms with Crippen molar-refractivity contribution in [3.8, 4) is 11.3 Å². The Morgan fingerprint density at radius 3 is 2.48 bits per heavy atom. The molecular formula is C23H20N2OS. The Kier molecular flexibility index (Phi) is 4.99. The molecule has 4 aromatic rings. The van der Waals surface area contributed by atoms with Gasteiger partial charge >= 0.3 is 0 Å². The molecule has 1 N–H and O–H groups in total. The van der Waals surface area contributed by atoms with Crippen LogP contribution < -0.4 is 5.32 Å². The Bertz CT molecular complexity index is 1080. The Morgan fingerprint density at radius 1 is 0.963 bits per heavy atom. The van der Waals surface area contributed by atoms with E-state index in [0.717, 1.165) is 28.6 Å². The monoisotopic (exact) mass is 372 g/mol. The van der Waals surface area contributed by atoms with Crippen molar-refractivity contribution < 1.29 is 4.79 Å². The summed E-state index contributed by atoms with van der Waals surface area (Å²) < 4.78 is 0. The molecule has 4 rings (SSSR count). The zero-order valence-corrected chi connectivity index (χ0v) is 15.9. The molecule has 4 heteroatoms. The number of benzene rings is 3. The summed E-state index contributed by atoms with van der Waals surface area (Å²) in [6.45, 7) is 2.14. The van der Waals surface area contributed by atoms with E-state index in [1.807, 2.05) is 23.6 Å². The highest BCUT2D eigenvalue weighted by atomic mass is 32.1. The van der Waals surface area contributed by atoms with Crippen LogP contribution >= 0.6 is 11.3 Å². The minimum atomic E-state index is -0.0486. The first-order valence-electron chi connectivity index (χ1n) is 9.03.